The third kappa shape index (κ3) is 3.05. The van der Waals surface area contributed by atoms with Crippen molar-refractivity contribution in [1.29, 1.82) is 0 Å². The first-order valence-corrected chi connectivity index (χ1v) is 7.81. The molecule has 2 heterocycles. The van der Waals surface area contributed by atoms with Gasteiger partial charge in [0.2, 0.25) is 0 Å². The van der Waals surface area contributed by atoms with Crippen LogP contribution < -0.4 is 0 Å². The van der Waals surface area contributed by atoms with Gasteiger partial charge in [-0.2, -0.15) is 4.31 Å². The normalized spacial score (nSPS) is 12.0. The molecular weight excluding hydrogens is 276 g/mol. The van der Waals surface area contributed by atoms with Crippen molar-refractivity contribution in [1.82, 2.24) is 19.3 Å². The molecule has 0 aliphatic heterocycles. The van der Waals surface area contributed by atoms with Gasteiger partial charge in [0.15, 0.2) is 5.03 Å². The molecule has 0 spiro atoms. The van der Waals surface area contributed by atoms with E-state index in [1.807, 2.05) is 25.1 Å². The summed E-state index contributed by atoms with van der Waals surface area (Å²) >= 11 is 0. The van der Waals surface area contributed by atoms with Crippen LogP contribution in [0.3, 0.4) is 0 Å². The van der Waals surface area contributed by atoms with Gasteiger partial charge in [-0.05, 0) is 26.0 Å². The van der Waals surface area contributed by atoms with Crippen molar-refractivity contribution in [3.8, 4) is 0 Å². The van der Waals surface area contributed by atoms with Gasteiger partial charge in [-0.3, -0.25) is 4.98 Å². The van der Waals surface area contributed by atoms with Crippen LogP contribution in [0.2, 0.25) is 0 Å². The molecule has 2 aromatic rings. The zero-order chi connectivity index (χ0) is 14.8. The van der Waals surface area contributed by atoms with Crippen LogP contribution in [0.4, 0.5) is 0 Å². The molecule has 2 aromatic heterocycles. The first kappa shape index (κ1) is 14.7. The maximum atomic E-state index is 12.5. The summed E-state index contributed by atoms with van der Waals surface area (Å²) in [4.78, 5) is 11.1. The molecule has 0 amide bonds. The molecule has 0 saturated carbocycles. The second-order valence-corrected chi connectivity index (χ2v) is 6.44. The summed E-state index contributed by atoms with van der Waals surface area (Å²) in [6.07, 6.45) is 1.34. The Kier molecular flexibility index (Phi) is 4.20. The smallest absolute Gasteiger partial charge is 0.260 e. The fraction of sp³-hybridized carbons (Fsp3) is 0.385. The number of rotatable bonds is 5. The highest BCUT2D eigenvalue weighted by Crippen LogP contribution is 2.15. The average molecular weight is 294 g/mol. The van der Waals surface area contributed by atoms with Crippen molar-refractivity contribution >= 4 is 10.0 Å². The number of pyridine rings is 1. The molecule has 0 aliphatic rings. The number of hydrogen-bond donors (Lipinski definition) is 1. The van der Waals surface area contributed by atoms with Crippen LogP contribution in [0, 0.1) is 13.8 Å². The fourth-order valence-electron chi connectivity index (χ4n) is 1.90. The second-order valence-electron chi connectivity index (χ2n) is 4.53. The van der Waals surface area contributed by atoms with Crippen LogP contribution in [-0.2, 0) is 16.6 Å². The molecule has 0 atom stereocenters. The molecule has 1 N–H and O–H groups in total. The molecule has 0 aromatic carbocycles. The molecule has 7 heteroatoms. The standard InChI is InChI=1S/C13H18N4O2S/c1-4-17(9-12-7-5-6-10(2)15-12)20(18,19)13-8-14-11(3)16-13/h5-8H,4,9H2,1-3H3,(H,14,16). The molecular formula is C13H18N4O2S. The first-order valence-electron chi connectivity index (χ1n) is 6.37. The average Bonchev–Trinajstić information content (AvgIpc) is 2.83. The summed E-state index contributed by atoms with van der Waals surface area (Å²) in [5.41, 5.74) is 1.60. The van der Waals surface area contributed by atoms with Gasteiger partial charge in [-0.15, -0.1) is 0 Å². The van der Waals surface area contributed by atoms with Crippen LogP contribution in [0.1, 0.15) is 24.1 Å². The number of H-pyrrole nitrogens is 1. The lowest BCUT2D eigenvalue weighted by atomic mass is 10.3. The zero-order valence-electron chi connectivity index (χ0n) is 11.8. The monoisotopic (exact) mass is 294 g/mol. The predicted molar refractivity (Wildman–Crippen MR) is 75.6 cm³/mol. The third-order valence-electron chi connectivity index (χ3n) is 2.93. The van der Waals surface area contributed by atoms with E-state index in [2.05, 4.69) is 15.0 Å². The Morgan fingerprint density at radius 3 is 2.60 bits per heavy atom. The van der Waals surface area contributed by atoms with Gasteiger partial charge in [0.05, 0.1) is 18.4 Å². The lowest BCUT2D eigenvalue weighted by Crippen LogP contribution is -2.31. The molecule has 0 saturated heterocycles. The number of imidazole rings is 1. The second kappa shape index (κ2) is 5.72. The number of aryl methyl sites for hydroxylation is 2. The number of sulfonamides is 1. The molecule has 6 nitrogen and oxygen atoms in total. The van der Waals surface area contributed by atoms with Crippen molar-refractivity contribution in [2.75, 3.05) is 6.54 Å². The minimum Gasteiger partial charge on any atom is -0.332 e. The lowest BCUT2D eigenvalue weighted by molar-refractivity contribution is 0.417. The fourth-order valence-corrected chi connectivity index (χ4v) is 3.29. The van der Waals surface area contributed by atoms with Gasteiger partial charge in [0.25, 0.3) is 10.0 Å². The van der Waals surface area contributed by atoms with E-state index in [-0.39, 0.29) is 11.6 Å². The highest BCUT2D eigenvalue weighted by molar-refractivity contribution is 7.89. The summed E-state index contributed by atoms with van der Waals surface area (Å²) in [6.45, 7) is 6.02. The molecule has 0 bridgehead atoms. The van der Waals surface area contributed by atoms with Crippen molar-refractivity contribution in [3.05, 3.63) is 41.6 Å². The quantitative estimate of drug-likeness (QED) is 0.909. The van der Waals surface area contributed by atoms with Crippen molar-refractivity contribution < 1.29 is 8.42 Å². The number of hydrogen-bond acceptors (Lipinski definition) is 4. The summed E-state index contributed by atoms with van der Waals surface area (Å²) in [6, 6.07) is 5.58. The molecule has 20 heavy (non-hydrogen) atoms. The van der Waals surface area contributed by atoms with E-state index >= 15 is 0 Å². The van der Waals surface area contributed by atoms with E-state index in [4.69, 9.17) is 0 Å². The summed E-state index contributed by atoms with van der Waals surface area (Å²) < 4.78 is 26.4. The van der Waals surface area contributed by atoms with Crippen LogP contribution in [0.5, 0.6) is 0 Å². The minimum absolute atomic E-state index is 0.115. The van der Waals surface area contributed by atoms with E-state index in [1.165, 1.54) is 10.5 Å². The van der Waals surface area contributed by atoms with E-state index in [9.17, 15) is 8.42 Å². The Morgan fingerprint density at radius 2 is 2.05 bits per heavy atom. The van der Waals surface area contributed by atoms with Crippen LogP contribution in [0.25, 0.3) is 0 Å². The van der Waals surface area contributed by atoms with Gasteiger partial charge in [0.1, 0.15) is 5.82 Å². The van der Waals surface area contributed by atoms with Crippen molar-refractivity contribution in [2.24, 2.45) is 0 Å². The van der Waals surface area contributed by atoms with Crippen LogP contribution in [-0.4, -0.2) is 34.2 Å². The van der Waals surface area contributed by atoms with E-state index in [0.29, 0.717) is 12.4 Å². The molecule has 0 aliphatic carbocycles. The van der Waals surface area contributed by atoms with E-state index < -0.39 is 10.0 Å². The summed E-state index contributed by atoms with van der Waals surface area (Å²) in [5.74, 6) is 0.577. The van der Waals surface area contributed by atoms with Crippen molar-refractivity contribution in [2.45, 2.75) is 32.3 Å². The Labute approximate surface area is 118 Å². The highest BCUT2D eigenvalue weighted by atomic mass is 32.2. The molecule has 2 rings (SSSR count). The third-order valence-corrected chi connectivity index (χ3v) is 4.76. The Morgan fingerprint density at radius 1 is 1.30 bits per heavy atom. The zero-order valence-corrected chi connectivity index (χ0v) is 12.6. The molecule has 0 unspecified atom stereocenters. The number of aromatic amines is 1. The first-order chi connectivity index (χ1) is 9.43. The molecule has 0 fully saturated rings. The van der Waals surface area contributed by atoms with Crippen LogP contribution in [0.15, 0.2) is 29.4 Å². The maximum absolute atomic E-state index is 12.5. The Balaban J connectivity index is 2.28. The number of aromatic nitrogens is 3. The Hall–Kier alpha value is -1.73. The summed E-state index contributed by atoms with van der Waals surface area (Å²) in [5, 5.41) is 0.115. The molecule has 0 radical (unpaired) electrons. The van der Waals surface area contributed by atoms with Gasteiger partial charge >= 0.3 is 0 Å². The topological polar surface area (TPSA) is 79.0 Å². The predicted octanol–water partition coefficient (Wildman–Crippen LogP) is 1.63. The Bertz CT molecular complexity index is 694. The van der Waals surface area contributed by atoms with Gasteiger partial charge in [-0.25, -0.2) is 13.4 Å². The van der Waals surface area contributed by atoms with E-state index in [0.717, 1.165) is 11.4 Å². The largest absolute Gasteiger partial charge is 0.332 e. The summed E-state index contributed by atoms with van der Waals surface area (Å²) in [7, 11) is -3.57. The SMILES string of the molecule is CCN(Cc1cccc(C)n1)S(=O)(=O)c1cnc(C)[nH]1. The minimum atomic E-state index is -3.57. The highest BCUT2D eigenvalue weighted by Gasteiger charge is 2.25. The van der Waals surface area contributed by atoms with E-state index in [1.54, 1.807) is 13.8 Å². The molecule has 108 valence electrons. The van der Waals surface area contributed by atoms with Crippen LogP contribution >= 0.6 is 0 Å². The number of nitrogens with one attached hydrogen (secondary N) is 1. The van der Waals surface area contributed by atoms with Crippen molar-refractivity contribution in [3.63, 3.8) is 0 Å². The van der Waals surface area contributed by atoms with Gasteiger partial charge in [0, 0.05) is 12.2 Å². The van der Waals surface area contributed by atoms with Gasteiger partial charge < -0.3 is 4.98 Å². The maximum Gasteiger partial charge on any atom is 0.260 e. The number of nitrogens with zero attached hydrogens (tertiary/aromatic N) is 3. The lowest BCUT2D eigenvalue weighted by Gasteiger charge is -2.19. The van der Waals surface area contributed by atoms with Gasteiger partial charge in [-0.1, -0.05) is 13.0 Å².